The molecule has 0 aliphatic rings. The average molecular weight is 254 g/mol. The first-order valence-electron chi connectivity index (χ1n) is 4.97. The van der Waals surface area contributed by atoms with Gasteiger partial charge in [-0.25, -0.2) is 0 Å². The van der Waals surface area contributed by atoms with Crippen molar-refractivity contribution >= 4 is 5.78 Å². The molecule has 8 heteroatoms. The van der Waals surface area contributed by atoms with E-state index >= 15 is 0 Å². The molecule has 0 saturated heterocycles. The zero-order valence-electron chi connectivity index (χ0n) is 9.21. The molecule has 0 spiro atoms. The molecule has 102 valence electrons. The number of ketones is 1. The highest BCUT2D eigenvalue weighted by atomic mass is 16.4. The molecule has 7 N–H and O–H groups in total. The minimum Gasteiger partial charge on any atom is -0.394 e. The lowest BCUT2D eigenvalue weighted by Gasteiger charge is -2.25. The van der Waals surface area contributed by atoms with E-state index in [1.807, 2.05) is 0 Å². The van der Waals surface area contributed by atoms with Crippen LogP contribution in [0.15, 0.2) is 0 Å². The summed E-state index contributed by atoms with van der Waals surface area (Å²) in [5, 5.41) is 63.3. The van der Waals surface area contributed by atoms with Crippen molar-refractivity contribution in [3.63, 3.8) is 0 Å². The molecule has 0 aliphatic heterocycles. The van der Waals surface area contributed by atoms with E-state index in [0.29, 0.717) is 0 Å². The minimum absolute atomic E-state index is 0.888. The van der Waals surface area contributed by atoms with Gasteiger partial charge in [0, 0.05) is 0 Å². The molecule has 0 aromatic rings. The first-order valence-corrected chi connectivity index (χ1v) is 4.97. The zero-order valence-corrected chi connectivity index (χ0v) is 9.21. The fraction of sp³-hybridized carbons (Fsp3) is 0.889. The topological polar surface area (TPSA) is 159 Å². The Hall–Kier alpha value is -0.610. The maximum Gasteiger partial charge on any atom is 0.195 e. The first kappa shape index (κ1) is 16.4. The molecule has 0 saturated carbocycles. The lowest BCUT2D eigenvalue weighted by Crippen LogP contribution is -2.51. The molecule has 17 heavy (non-hydrogen) atoms. The lowest BCUT2D eigenvalue weighted by atomic mass is 9.96. The molecule has 0 radical (unpaired) electrons. The monoisotopic (exact) mass is 254 g/mol. The molecular weight excluding hydrogens is 236 g/mol. The van der Waals surface area contributed by atoms with Gasteiger partial charge in [-0.1, -0.05) is 0 Å². The summed E-state index contributed by atoms with van der Waals surface area (Å²) in [6, 6.07) is 0. The molecule has 8 nitrogen and oxygen atoms in total. The standard InChI is InChI=1S/C9H18O8/c1-3(11)5(13)7(15)9(17)8(16)6(14)4(12)2-10/h3-8,10-16H,2H2,1H3/t3-,4+,5-,6-,7-,8+/m1/s1. The van der Waals surface area contributed by atoms with Crippen LogP contribution in [0.2, 0.25) is 0 Å². The molecule has 0 heterocycles. The number of aliphatic hydroxyl groups is 7. The number of Topliss-reactive ketones (excluding diaryl/α,β-unsaturated/α-hetero) is 1. The summed E-state index contributed by atoms with van der Waals surface area (Å²) in [6.07, 6.45) is -11.3. The van der Waals surface area contributed by atoms with Crippen molar-refractivity contribution in [1.82, 2.24) is 0 Å². The van der Waals surface area contributed by atoms with Crippen molar-refractivity contribution in [3.8, 4) is 0 Å². The second kappa shape index (κ2) is 6.97. The molecule has 6 atom stereocenters. The maximum absolute atomic E-state index is 11.3. The summed E-state index contributed by atoms with van der Waals surface area (Å²) in [4.78, 5) is 11.3. The molecule has 0 aromatic carbocycles. The van der Waals surface area contributed by atoms with Gasteiger partial charge in [-0.3, -0.25) is 4.79 Å². The van der Waals surface area contributed by atoms with Crippen molar-refractivity contribution < 1.29 is 40.5 Å². The van der Waals surface area contributed by atoms with Crippen molar-refractivity contribution in [1.29, 1.82) is 0 Å². The Morgan fingerprint density at radius 3 is 1.71 bits per heavy atom. The van der Waals surface area contributed by atoms with Gasteiger partial charge in [-0.15, -0.1) is 0 Å². The Morgan fingerprint density at radius 2 is 1.35 bits per heavy atom. The van der Waals surface area contributed by atoms with Crippen LogP contribution in [0.4, 0.5) is 0 Å². The van der Waals surface area contributed by atoms with Crippen molar-refractivity contribution in [2.45, 2.75) is 43.5 Å². The Bertz CT molecular complexity index is 243. The number of hydrogen-bond donors (Lipinski definition) is 7. The minimum atomic E-state index is -2.18. The van der Waals surface area contributed by atoms with Crippen LogP contribution < -0.4 is 0 Å². The van der Waals surface area contributed by atoms with Crippen LogP contribution in [-0.2, 0) is 4.79 Å². The predicted molar refractivity (Wildman–Crippen MR) is 53.8 cm³/mol. The molecule has 0 unspecified atom stereocenters. The van der Waals surface area contributed by atoms with Crippen LogP contribution in [0.3, 0.4) is 0 Å². The number of carbonyl (C=O) groups excluding carboxylic acids is 1. The quantitative estimate of drug-likeness (QED) is 0.240. The van der Waals surface area contributed by atoms with Gasteiger partial charge in [0.2, 0.25) is 0 Å². The normalized spacial score (nSPS) is 22.4. The molecule has 0 aromatic heterocycles. The van der Waals surface area contributed by atoms with Crippen molar-refractivity contribution in [3.05, 3.63) is 0 Å². The number of carbonyl (C=O) groups is 1. The van der Waals surface area contributed by atoms with Crippen molar-refractivity contribution in [2.24, 2.45) is 0 Å². The van der Waals surface area contributed by atoms with Crippen LogP contribution in [0.5, 0.6) is 0 Å². The van der Waals surface area contributed by atoms with Gasteiger partial charge in [0.25, 0.3) is 0 Å². The molecule has 0 amide bonds. The summed E-state index contributed by atoms with van der Waals surface area (Å²) in [6.45, 7) is 0.229. The van der Waals surface area contributed by atoms with Gasteiger partial charge in [0.05, 0.1) is 12.7 Å². The van der Waals surface area contributed by atoms with E-state index < -0.39 is 49.0 Å². The van der Waals surface area contributed by atoms with E-state index in [-0.39, 0.29) is 0 Å². The third-order valence-electron chi connectivity index (χ3n) is 2.31. The largest absolute Gasteiger partial charge is 0.394 e. The fourth-order valence-electron chi connectivity index (χ4n) is 1.09. The van der Waals surface area contributed by atoms with Gasteiger partial charge >= 0.3 is 0 Å². The van der Waals surface area contributed by atoms with E-state index in [9.17, 15) is 20.1 Å². The Morgan fingerprint density at radius 1 is 0.941 bits per heavy atom. The Kier molecular flexibility index (Phi) is 6.72. The van der Waals surface area contributed by atoms with E-state index in [4.69, 9.17) is 20.4 Å². The number of rotatable bonds is 7. The lowest BCUT2D eigenvalue weighted by molar-refractivity contribution is -0.157. The highest BCUT2D eigenvalue weighted by molar-refractivity contribution is 5.88. The summed E-state index contributed by atoms with van der Waals surface area (Å²) in [5.41, 5.74) is 0. The summed E-state index contributed by atoms with van der Waals surface area (Å²) < 4.78 is 0. The summed E-state index contributed by atoms with van der Waals surface area (Å²) in [7, 11) is 0. The van der Waals surface area contributed by atoms with Crippen molar-refractivity contribution in [2.75, 3.05) is 6.61 Å². The van der Waals surface area contributed by atoms with Crippen LogP contribution >= 0.6 is 0 Å². The molecular formula is C9H18O8. The van der Waals surface area contributed by atoms with Gasteiger partial charge in [0.15, 0.2) is 5.78 Å². The summed E-state index contributed by atoms with van der Waals surface area (Å²) >= 11 is 0. The third-order valence-corrected chi connectivity index (χ3v) is 2.31. The number of aliphatic hydroxyl groups excluding tert-OH is 7. The molecule has 0 fully saturated rings. The van der Waals surface area contributed by atoms with E-state index in [1.54, 1.807) is 0 Å². The van der Waals surface area contributed by atoms with Gasteiger partial charge < -0.3 is 35.7 Å². The predicted octanol–water partition coefficient (Wildman–Crippen LogP) is -4.27. The SMILES string of the molecule is C[C@@H](O)[C@@H](O)[C@@H](O)C(=O)[C@@H](O)[C@H](O)[C@@H](O)CO. The smallest absolute Gasteiger partial charge is 0.195 e. The van der Waals surface area contributed by atoms with E-state index in [0.717, 1.165) is 6.92 Å². The molecule has 0 aliphatic carbocycles. The van der Waals surface area contributed by atoms with Gasteiger partial charge in [-0.2, -0.15) is 0 Å². The average Bonchev–Trinajstić information content (AvgIpc) is 2.32. The van der Waals surface area contributed by atoms with Gasteiger partial charge in [-0.05, 0) is 6.92 Å². The van der Waals surface area contributed by atoms with E-state index in [2.05, 4.69) is 0 Å². The fourth-order valence-corrected chi connectivity index (χ4v) is 1.09. The highest BCUT2D eigenvalue weighted by Crippen LogP contribution is 2.08. The molecule has 0 rings (SSSR count). The Balaban J connectivity index is 4.59. The highest BCUT2D eigenvalue weighted by Gasteiger charge is 2.37. The van der Waals surface area contributed by atoms with E-state index in [1.165, 1.54) is 0 Å². The third kappa shape index (κ3) is 4.28. The van der Waals surface area contributed by atoms with Crippen LogP contribution in [0.1, 0.15) is 6.92 Å². The van der Waals surface area contributed by atoms with Crippen LogP contribution in [0.25, 0.3) is 0 Å². The second-order valence-corrected chi connectivity index (χ2v) is 3.76. The maximum atomic E-state index is 11.3. The number of hydrogen-bond acceptors (Lipinski definition) is 8. The zero-order chi connectivity index (χ0) is 13.7. The van der Waals surface area contributed by atoms with Crippen LogP contribution in [-0.4, -0.2) is 84.8 Å². The van der Waals surface area contributed by atoms with Gasteiger partial charge in [0.1, 0.15) is 30.5 Å². The summed E-state index contributed by atoms with van der Waals surface area (Å²) in [5.74, 6) is -1.36. The Labute approximate surface area is 97.4 Å². The van der Waals surface area contributed by atoms with Crippen LogP contribution in [0, 0.1) is 0 Å². The first-order chi connectivity index (χ1) is 7.73. The second-order valence-electron chi connectivity index (χ2n) is 3.76. The molecule has 0 bridgehead atoms.